The van der Waals surface area contributed by atoms with Gasteiger partial charge >= 0.3 is 0 Å². The molecule has 0 bridgehead atoms. The van der Waals surface area contributed by atoms with Gasteiger partial charge in [-0.05, 0) is 24.3 Å². The van der Waals surface area contributed by atoms with Crippen LogP contribution in [0.5, 0.6) is 0 Å². The van der Waals surface area contributed by atoms with E-state index in [0.717, 1.165) is 11.3 Å². The summed E-state index contributed by atoms with van der Waals surface area (Å²) in [6, 6.07) is 16.7. The molecule has 0 aliphatic carbocycles. The zero-order valence-electron chi connectivity index (χ0n) is 9.95. The third-order valence-electron chi connectivity index (χ3n) is 2.71. The first-order valence-corrected chi connectivity index (χ1v) is 5.75. The highest BCUT2D eigenvalue weighted by molar-refractivity contribution is 5.65. The van der Waals surface area contributed by atoms with Crippen LogP contribution in [0.3, 0.4) is 0 Å². The molecule has 2 heterocycles. The summed E-state index contributed by atoms with van der Waals surface area (Å²) in [6.45, 7) is 0. The van der Waals surface area contributed by atoms with Gasteiger partial charge in [-0.2, -0.15) is 5.26 Å². The van der Waals surface area contributed by atoms with Crippen molar-refractivity contribution in [1.82, 2.24) is 10.1 Å². The Kier molecular flexibility index (Phi) is 2.79. The van der Waals surface area contributed by atoms with Crippen molar-refractivity contribution in [3.8, 4) is 28.8 Å². The van der Waals surface area contributed by atoms with Crippen LogP contribution in [0.1, 0.15) is 5.56 Å². The van der Waals surface area contributed by atoms with Gasteiger partial charge in [0.25, 0.3) is 0 Å². The smallest absolute Gasteiger partial charge is 0.167 e. The quantitative estimate of drug-likeness (QED) is 0.697. The monoisotopic (exact) mass is 247 g/mol. The highest BCUT2D eigenvalue weighted by Crippen LogP contribution is 2.25. The van der Waals surface area contributed by atoms with Crippen LogP contribution in [-0.4, -0.2) is 10.1 Å². The number of nitrogens with zero attached hydrogens (tertiary/aromatic N) is 3. The first-order chi connectivity index (χ1) is 9.36. The van der Waals surface area contributed by atoms with Crippen molar-refractivity contribution in [3.05, 3.63) is 60.3 Å². The molecule has 0 aliphatic heterocycles. The van der Waals surface area contributed by atoms with Gasteiger partial charge in [0.15, 0.2) is 5.76 Å². The van der Waals surface area contributed by atoms with Crippen molar-refractivity contribution in [2.75, 3.05) is 0 Å². The van der Waals surface area contributed by atoms with Crippen LogP contribution >= 0.6 is 0 Å². The van der Waals surface area contributed by atoms with Crippen molar-refractivity contribution in [1.29, 1.82) is 5.26 Å². The molecule has 1 aromatic carbocycles. The van der Waals surface area contributed by atoms with Gasteiger partial charge in [0.05, 0.1) is 17.3 Å². The standard InChI is InChI=1S/C15H9N3O/c16-10-11-4-3-5-12(8-11)15-9-14(18-19-15)13-6-1-2-7-17-13/h1-9H. The number of hydrogen-bond donors (Lipinski definition) is 0. The summed E-state index contributed by atoms with van der Waals surface area (Å²) in [5, 5.41) is 12.9. The van der Waals surface area contributed by atoms with Crippen LogP contribution in [0, 0.1) is 11.3 Å². The summed E-state index contributed by atoms with van der Waals surface area (Å²) in [6.07, 6.45) is 1.71. The molecule has 0 unspecified atom stereocenters. The van der Waals surface area contributed by atoms with E-state index in [1.54, 1.807) is 18.3 Å². The van der Waals surface area contributed by atoms with Crippen LogP contribution in [0.2, 0.25) is 0 Å². The number of pyridine rings is 1. The number of benzene rings is 1. The van der Waals surface area contributed by atoms with E-state index in [0.29, 0.717) is 17.0 Å². The molecule has 0 saturated carbocycles. The Balaban J connectivity index is 2.00. The normalized spacial score (nSPS) is 10.1. The average molecular weight is 247 g/mol. The largest absolute Gasteiger partial charge is 0.356 e. The van der Waals surface area contributed by atoms with E-state index >= 15 is 0 Å². The first kappa shape index (κ1) is 11.2. The van der Waals surface area contributed by atoms with E-state index < -0.39 is 0 Å². The maximum absolute atomic E-state index is 8.89. The predicted octanol–water partition coefficient (Wildman–Crippen LogP) is 3.28. The fourth-order valence-electron chi connectivity index (χ4n) is 1.79. The van der Waals surface area contributed by atoms with E-state index in [4.69, 9.17) is 9.78 Å². The van der Waals surface area contributed by atoms with E-state index in [2.05, 4.69) is 16.2 Å². The summed E-state index contributed by atoms with van der Waals surface area (Å²) in [7, 11) is 0. The molecule has 4 heteroatoms. The van der Waals surface area contributed by atoms with Gasteiger partial charge in [-0.25, -0.2) is 0 Å². The zero-order valence-corrected chi connectivity index (χ0v) is 9.95. The lowest BCUT2D eigenvalue weighted by Crippen LogP contribution is -1.80. The second kappa shape index (κ2) is 4.75. The van der Waals surface area contributed by atoms with E-state index in [9.17, 15) is 0 Å². The van der Waals surface area contributed by atoms with E-state index in [1.807, 2.05) is 36.4 Å². The summed E-state index contributed by atoms with van der Waals surface area (Å²) in [4.78, 5) is 4.21. The average Bonchev–Trinajstić information content (AvgIpc) is 2.98. The number of rotatable bonds is 2. The van der Waals surface area contributed by atoms with Crippen LogP contribution in [0.15, 0.2) is 59.3 Å². The fourth-order valence-corrected chi connectivity index (χ4v) is 1.79. The molecular weight excluding hydrogens is 238 g/mol. The lowest BCUT2D eigenvalue weighted by Gasteiger charge is -1.94. The van der Waals surface area contributed by atoms with Gasteiger partial charge in [0.1, 0.15) is 5.69 Å². The van der Waals surface area contributed by atoms with Gasteiger partial charge in [-0.15, -0.1) is 0 Å². The van der Waals surface area contributed by atoms with Crippen molar-refractivity contribution in [2.45, 2.75) is 0 Å². The minimum absolute atomic E-state index is 0.591. The fraction of sp³-hybridized carbons (Fsp3) is 0. The molecule has 0 radical (unpaired) electrons. The Morgan fingerprint density at radius 2 is 1.95 bits per heavy atom. The van der Waals surface area contributed by atoms with Crippen molar-refractivity contribution in [3.63, 3.8) is 0 Å². The predicted molar refractivity (Wildman–Crippen MR) is 69.9 cm³/mol. The summed E-state index contributed by atoms with van der Waals surface area (Å²) in [5.74, 6) is 0.623. The molecule has 3 aromatic rings. The number of nitriles is 1. The highest BCUT2D eigenvalue weighted by Gasteiger charge is 2.09. The van der Waals surface area contributed by atoms with Crippen LogP contribution in [0.4, 0.5) is 0 Å². The third kappa shape index (κ3) is 2.22. The molecule has 0 saturated heterocycles. The summed E-state index contributed by atoms with van der Waals surface area (Å²) < 4.78 is 5.31. The molecule has 2 aromatic heterocycles. The van der Waals surface area contributed by atoms with Gasteiger partial charge in [-0.1, -0.05) is 23.4 Å². The Labute approximate surface area is 109 Å². The van der Waals surface area contributed by atoms with Crippen LogP contribution < -0.4 is 0 Å². The highest BCUT2D eigenvalue weighted by atomic mass is 16.5. The second-order valence-corrected chi connectivity index (χ2v) is 3.98. The van der Waals surface area contributed by atoms with Gasteiger partial charge in [-0.3, -0.25) is 4.98 Å². The van der Waals surface area contributed by atoms with Crippen molar-refractivity contribution < 1.29 is 4.52 Å². The molecule has 90 valence electrons. The van der Waals surface area contributed by atoms with Gasteiger partial charge < -0.3 is 4.52 Å². The molecule has 0 amide bonds. The lowest BCUT2D eigenvalue weighted by molar-refractivity contribution is 0.434. The lowest BCUT2D eigenvalue weighted by atomic mass is 10.1. The zero-order chi connectivity index (χ0) is 13.1. The molecule has 4 nitrogen and oxygen atoms in total. The topological polar surface area (TPSA) is 62.7 Å². The van der Waals surface area contributed by atoms with Crippen molar-refractivity contribution in [2.24, 2.45) is 0 Å². The SMILES string of the molecule is N#Cc1cccc(-c2cc(-c3ccccn3)no2)c1. The summed E-state index contributed by atoms with van der Waals surface area (Å²) in [5.41, 5.74) is 2.86. The molecule has 19 heavy (non-hydrogen) atoms. The minimum atomic E-state index is 0.591. The maximum atomic E-state index is 8.89. The Morgan fingerprint density at radius 1 is 1.00 bits per heavy atom. The molecule has 0 fully saturated rings. The maximum Gasteiger partial charge on any atom is 0.167 e. The third-order valence-corrected chi connectivity index (χ3v) is 2.71. The van der Waals surface area contributed by atoms with Gasteiger partial charge in [0.2, 0.25) is 0 Å². The van der Waals surface area contributed by atoms with Crippen LogP contribution in [-0.2, 0) is 0 Å². The molecule has 0 N–H and O–H groups in total. The molecule has 0 spiro atoms. The van der Waals surface area contributed by atoms with Gasteiger partial charge in [0, 0.05) is 17.8 Å². The second-order valence-electron chi connectivity index (χ2n) is 3.98. The Bertz CT molecular complexity index is 741. The first-order valence-electron chi connectivity index (χ1n) is 5.75. The minimum Gasteiger partial charge on any atom is -0.356 e. The number of hydrogen-bond acceptors (Lipinski definition) is 4. The number of aromatic nitrogens is 2. The Hall–Kier alpha value is -2.93. The molecular formula is C15H9N3O. The van der Waals surface area contributed by atoms with Crippen LogP contribution in [0.25, 0.3) is 22.7 Å². The Morgan fingerprint density at radius 3 is 2.74 bits per heavy atom. The van der Waals surface area contributed by atoms with E-state index in [-0.39, 0.29) is 0 Å². The van der Waals surface area contributed by atoms with E-state index in [1.165, 1.54) is 0 Å². The van der Waals surface area contributed by atoms with Crippen molar-refractivity contribution >= 4 is 0 Å². The molecule has 0 aliphatic rings. The molecule has 0 atom stereocenters. The molecule has 3 rings (SSSR count). The summed E-state index contributed by atoms with van der Waals surface area (Å²) >= 11 is 0.